The molecule has 0 aliphatic heterocycles. The first kappa shape index (κ1) is 12.7. The molecule has 0 aliphatic rings. The monoisotopic (exact) mass is 283 g/mol. The van der Waals surface area contributed by atoms with Crippen LogP contribution in [0.2, 0.25) is 0 Å². The van der Waals surface area contributed by atoms with Crippen molar-refractivity contribution in [1.29, 1.82) is 0 Å². The number of nitrogens with one attached hydrogen (secondary N) is 1. The molecule has 0 aliphatic carbocycles. The van der Waals surface area contributed by atoms with Gasteiger partial charge < -0.3 is 5.32 Å². The third kappa shape index (κ3) is 2.65. The molecule has 0 aromatic carbocycles. The van der Waals surface area contributed by atoms with Gasteiger partial charge in [-0.25, -0.2) is 19.9 Å². The van der Waals surface area contributed by atoms with Crippen LogP contribution in [-0.2, 0) is 0 Å². The van der Waals surface area contributed by atoms with Crippen LogP contribution < -0.4 is 5.32 Å². The maximum Gasteiger partial charge on any atom is 0.228 e. The summed E-state index contributed by atoms with van der Waals surface area (Å²) in [5, 5.41) is 4.13. The normalized spacial score (nSPS) is 10.5. The van der Waals surface area contributed by atoms with Crippen LogP contribution in [0.4, 0.5) is 11.8 Å². The number of hydrogen-bond acceptors (Lipinski definition) is 6. The lowest BCUT2D eigenvalue weighted by Gasteiger charge is -2.04. The van der Waals surface area contributed by atoms with Crippen LogP contribution >= 0.6 is 11.3 Å². The van der Waals surface area contributed by atoms with Gasteiger partial charge in [-0.2, -0.15) is 0 Å². The average Bonchev–Trinajstić information content (AvgIpc) is 2.79. The molecule has 6 heteroatoms. The van der Waals surface area contributed by atoms with Crippen molar-refractivity contribution in [2.45, 2.75) is 13.8 Å². The molecule has 3 rings (SSSR count). The lowest BCUT2D eigenvalue weighted by molar-refractivity contribution is 1.14. The summed E-state index contributed by atoms with van der Waals surface area (Å²) in [6.07, 6.45) is 3.46. The van der Waals surface area contributed by atoms with Gasteiger partial charge in [0.2, 0.25) is 5.95 Å². The largest absolute Gasteiger partial charge is 0.309 e. The Kier molecular flexibility index (Phi) is 3.39. The van der Waals surface area contributed by atoms with E-state index in [0.29, 0.717) is 5.95 Å². The van der Waals surface area contributed by atoms with Crippen molar-refractivity contribution >= 4 is 23.1 Å². The first-order chi connectivity index (χ1) is 9.72. The standard InChI is InChI=1S/C14H13N5S/c1-9-13(20-10(2)17-9)11-6-8-16-14(18-11)19-12-5-3-4-7-15-12/h3-8H,1-2H3,(H,15,16,18,19). The molecular formula is C14H13N5S. The van der Waals surface area contributed by atoms with E-state index in [4.69, 9.17) is 0 Å². The molecule has 5 nitrogen and oxygen atoms in total. The minimum Gasteiger partial charge on any atom is -0.309 e. The Morgan fingerprint density at radius 2 is 1.90 bits per heavy atom. The van der Waals surface area contributed by atoms with Gasteiger partial charge in [-0.15, -0.1) is 11.3 Å². The van der Waals surface area contributed by atoms with E-state index in [1.54, 1.807) is 23.7 Å². The van der Waals surface area contributed by atoms with Gasteiger partial charge >= 0.3 is 0 Å². The minimum atomic E-state index is 0.534. The van der Waals surface area contributed by atoms with Crippen LogP contribution in [0.5, 0.6) is 0 Å². The molecule has 3 heterocycles. The Balaban J connectivity index is 1.92. The zero-order valence-corrected chi connectivity index (χ0v) is 12.0. The first-order valence-electron chi connectivity index (χ1n) is 6.18. The van der Waals surface area contributed by atoms with E-state index < -0.39 is 0 Å². The minimum absolute atomic E-state index is 0.534. The zero-order chi connectivity index (χ0) is 13.9. The smallest absolute Gasteiger partial charge is 0.228 e. The van der Waals surface area contributed by atoms with Crippen LogP contribution in [0.15, 0.2) is 36.7 Å². The molecule has 0 radical (unpaired) electrons. The Labute approximate surface area is 120 Å². The molecule has 0 saturated heterocycles. The van der Waals surface area contributed by atoms with Gasteiger partial charge in [-0.1, -0.05) is 6.07 Å². The molecule has 0 amide bonds. The number of aromatic nitrogens is 4. The lowest BCUT2D eigenvalue weighted by Crippen LogP contribution is -1.99. The summed E-state index contributed by atoms with van der Waals surface area (Å²) in [6.45, 7) is 3.99. The van der Waals surface area contributed by atoms with Gasteiger partial charge in [0.05, 0.1) is 21.3 Å². The Bertz CT molecular complexity index is 723. The molecule has 3 aromatic rings. The molecule has 1 N–H and O–H groups in total. The van der Waals surface area contributed by atoms with Gasteiger partial charge in [0.1, 0.15) is 5.82 Å². The van der Waals surface area contributed by atoms with E-state index in [-0.39, 0.29) is 0 Å². The van der Waals surface area contributed by atoms with Gasteiger partial charge in [0.25, 0.3) is 0 Å². The van der Waals surface area contributed by atoms with Crippen molar-refractivity contribution in [3.05, 3.63) is 47.4 Å². The number of aryl methyl sites for hydroxylation is 2. The van der Waals surface area contributed by atoms with Crippen LogP contribution in [0, 0.1) is 13.8 Å². The van der Waals surface area contributed by atoms with Crippen LogP contribution in [0.3, 0.4) is 0 Å². The van der Waals surface area contributed by atoms with Crippen molar-refractivity contribution in [1.82, 2.24) is 19.9 Å². The molecule has 3 aromatic heterocycles. The fraction of sp³-hybridized carbons (Fsp3) is 0.143. The Morgan fingerprint density at radius 1 is 1.00 bits per heavy atom. The van der Waals surface area contributed by atoms with Gasteiger partial charge in [0.15, 0.2) is 0 Å². The molecule has 0 saturated carbocycles. The van der Waals surface area contributed by atoms with E-state index in [2.05, 4.69) is 25.3 Å². The summed E-state index contributed by atoms with van der Waals surface area (Å²) < 4.78 is 0. The Hall–Kier alpha value is -2.34. The molecule has 0 bridgehead atoms. The average molecular weight is 283 g/mol. The van der Waals surface area contributed by atoms with E-state index in [1.807, 2.05) is 38.1 Å². The molecular weight excluding hydrogens is 270 g/mol. The highest BCUT2D eigenvalue weighted by atomic mass is 32.1. The fourth-order valence-corrected chi connectivity index (χ4v) is 2.76. The number of hydrogen-bond donors (Lipinski definition) is 1. The highest BCUT2D eigenvalue weighted by molar-refractivity contribution is 7.15. The second-order valence-corrected chi connectivity index (χ2v) is 5.46. The SMILES string of the molecule is Cc1nc(C)c(-c2ccnc(Nc3ccccn3)n2)s1. The summed E-state index contributed by atoms with van der Waals surface area (Å²) in [7, 11) is 0. The topological polar surface area (TPSA) is 63.6 Å². The van der Waals surface area contributed by atoms with Crippen molar-refractivity contribution in [2.75, 3.05) is 5.32 Å². The first-order valence-corrected chi connectivity index (χ1v) is 6.99. The highest BCUT2D eigenvalue weighted by Gasteiger charge is 2.10. The summed E-state index contributed by atoms with van der Waals surface area (Å²) in [6, 6.07) is 7.55. The third-order valence-corrected chi connectivity index (χ3v) is 3.79. The van der Waals surface area contributed by atoms with E-state index in [1.165, 1.54) is 0 Å². The van der Waals surface area contributed by atoms with Gasteiger partial charge in [-0.3, -0.25) is 0 Å². The predicted octanol–water partition coefficient (Wildman–Crippen LogP) is 3.36. The maximum absolute atomic E-state index is 4.52. The molecule has 0 unspecified atom stereocenters. The van der Waals surface area contributed by atoms with Crippen molar-refractivity contribution < 1.29 is 0 Å². The number of rotatable bonds is 3. The summed E-state index contributed by atoms with van der Waals surface area (Å²) >= 11 is 1.64. The van der Waals surface area contributed by atoms with Crippen molar-refractivity contribution in [3.8, 4) is 10.6 Å². The van der Waals surface area contributed by atoms with Gasteiger partial charge in [0, 0.05) is 12.4 Å². The summed E-state index contributed by atoms with van der Waals surface area (Å²) in [5.41, 5.74) is 1.87. The van der Waals surface area contributed by atoms with Crippen LogP contribution in [0.25, 0.3) is 10.6 Å². The van der Waals surface area contributed by atoms with E-state index >= 15 is 0 Å². The summed E-state index contributed by atoms with van der Waals surface area (Å²) in [4.78, 5) is 18.4. The van der Waals surface area contributed by atoms with Crippen LogP contribution in [0.1, 0.15) is 10.7 Å². The highest BCUT2D eigenvalue weighted by Crippen LogP contribution is 2.28. The molecule has 20 heavy (non-hydrogen) atoms. The quantitative estimate of drug-likeness (QED) is 0.798. The van der Waals surface area contributed by atoms with Crippen molar-refractivity contribution in [3.63, 3.8) is 0 Å². The fourth-order valence-electron chi connectivity index (χ4n) is 1.87. The van der Waals surface area contributed by atoms with Crippen LogP contribution in [-0.4, -0.2) is 19.9 Å². The molecule has 100 valence electrons. The second-order valence-electron chi connectivity index (χ2n) is 4.25. The maximum atomic E-state index is 4.52. The zero-order valence-electron chi connectivity index (χ0n) is 11.2. The molecule has 0 spiro atoms. The third-order valence-electron chi connectivity index (χ3n) is 2.70. The number of anilines is 2. The predicted molar refractivity (Wildman–Crippen MR) is 80.1 cm³/mol. The van der Waals surface area contributed by atoms with Gasteiger partial charge in [-0.05, 0) is 32.0 Å². The summed E-state index contributed by atoms with van der Waals surface area (Å²) in [5.74, 6) is 1.26. The molecule has 0 fully saturated rings. The number of pyridine rings is 1. The Morgan fingerprint density at radius 3 is 2.60 bits per heavy atom. The number of nitrogens with zero attached hydrogens (tertiary/aromatic N) is 4. The van der Waals surface area contributed by atoms with Crippen molar-refractivity contribution in [2.24, 2.45) is 0 Å². The number of thiazole rings is 1. The second kappa shape index (κ2) is 5.34. The molecule has 0 atom stereocenters. The van der Waals surface area contributed by atoms with E-state index in [9.17, 15) is 0 Å². The van der Waals surface area contributed by atoms with E-state index in [0.717, 1.165) is 27.1 Å². The lowest BCUT2D eigenvalue weighted by atomic mass is 10.3.